The predicted octanol–water partition coefficient (Wildman–Crippen LogP) is 0.978. The summed E-state index contributed by atoms with van der Waals surface area (Å²) < 4.78 is 28.1. The molecule has 18 heavy (non-hydrogen) atoms. The Balaban J connectivity index is 2.25. The number of esters is 1. The van der Waals surface area contributed by atoms with Gasteiger partial charge >= 0.3 is 5.97 Å². The Kier molecular flexibility index (Phi) is 3.21. The van der Waals surface area contributed by atoms with E-state index < -0.39 is 21.6 Å². The highest BCUT2D eigenvalue weighted by molar-refractivity contribution is 7.92. The van der Waals surface area contributed by atoms with Gasteiger partial charge in [-0.2, -0.15) is 0 Å². The first-order valence-electron chi connectivity index (χ1n) is 5.43. The van der Waals surface area contributed by atoms with Crippen LogP contribution in [0.1, 0.15) is 23.2 Å². The van der Waals surface area contributed by atoms with Crippen LogP contribution < -0.4 is 0 Å². The number of benzene rings is 1. The quantitative estimate of drug-likeness (QED) is 0.462. The van der Waals surface area contributed by atoms with Crippen molar-refractivity contribution >= 4 is 21.6 Å². The second kappa shape index (κ2) is 4.53. The molecular weight excluding hydrogens is 256 g/mol. The molecule has 0 unspecified atom stereocenters. The number of carbonyl (C=O) groups excluding carboxylic acids is 2. The van der Waals surface area contributed by atoms with Crippen LogP contribution in [0, 0.1) is 0 Å². The summed E-state index contributed by atoms with van der Waals surface area (Å²) in [6.45, 7) is 0. The zero-order chi connectivity index (χ0) is 13.3. The first-order valence-corrected chi connectivity index (χ1v) is 6.98. The van der Waals surface area contributed by atoms with E-state index in [-0.39, 0.29) is 15.7 Å². The number of ether oxygens (including phenoxy) is 1. The minimum Gasteiger partial charge on any atom is -0.463 e. The maximum atomic E-state index is 11.9. The molecule has 5 nitrogen and oxygen atoms in total. The van der Waals surface area contributed by atoms with Gasteiger partial charge in [-0.25, -0.2) is 13.2 Å². The number of ketones is 1. The molecule has 1 aromatic rings. The number of hydrogen-bond acceptors (Lipinski definition) is 5. The second-order valence-electron chi connectivity index (χ2n) is 4.09. The van der Waals surface area contributed by atoms with E-state index in [1.165, 1.54) is 24.3 Å². The molecule has 0 amide bonds. The van der Waals surface area contributed by atoms with E-state index in [2.05, 4.69) is 4.74 Å². The molecule has 6 heteroatoms. The first-order chi connectivity index (χ1) is 8.46. The largest absolute Gasteiger partial charge is 0.463 e. The first kappa shape index (κ1) is 12.8. The molecular formula is C12H12O5S. The van der Waals surface area contributed by atoms with Gasteiger partial charge in [-0.3, -0.25) is 4.79 Å². The third kappa shape index (κ3) is 2.28. The van der Waals surface area contributed by atoms with Gasteiger partial charge < -0.3 is 4.74 Å². The molecule has 1 aliphatic carbocycles. The van der Waals surface area contributed by atoms with Crippen molar-refractivity contribution < 1.29 is 22.7 Å². The van der Waals surface area contributed by atoms with Crippen LogP contribution in [0.5, 0.6) is 0 Å². The van der Waals surface area contributed by atoms with Crippen LogP contribution in [0.3, 0.4) is 0 Å². The molecule has 96 valence electrons. The van der Waals surface area contributed by atoms with Crippen molar-refractivity contribution in [1.29, 1.82) is 0 Å². The Bertz CT molecular complexity index is 581. The van der Waals surface area contributed by atoms with E-state index in [0.717, 1.165) is 7.11 Å². The molecule has 0 radical (unpaired) electrons. The van der Waals surface area contributed by atoms with Crippen molar-refractivity contribution in [2.75, 3.05) is 7.11 Å². The molecule has 1 aliphatic rings. The minimum absolute atomic E-state index is 0.122. The molecule has 1 saturated carbocycles. The third-order valence-electron chi connectivity index (χ3n) is 2.78. The molecule has 0 N–H and O–H groups in total. The van der Waals surface area contributed by atoms with Gasteiger partial charge in [0.05, 0.1) is 17.3 Å². The van der Waals surface area contributed by atoms with E-state index in [4.69, 9.17) is 0 Å². The average Bonchev–Trinajstić information content (AvgIpc) is 3.21. The van der Waals surface area contributed by atoms with E-state index >= 15 is 0 Å². The lowest BCUT2D eigenvalue weighted by Crippen LogP contribution is -2.16. The van der Waals surface area contributed by atoms with Crippen LogP contribution >= 0.6 is 0 Å². The fraction of sp³-hybridized carbons (Fsp3) is 0.333. The summed E-state index contributed by atoms with van der Waals surface area (Å²) in [5, 5.41) is -0.292. The highest BCUT2D eigenvalue weighted by atomic mass is 32.2. The fourth-order valence-electron chi connectivity index (χ4n) is 1.58. The van der Waals surface area contributed by atoms with Crippen molar-refractivity contribution in [1.82, 2.24) is 0 Å². The molecule has 0 bridgehead atoms. The normalized spacial score (nSPS) is 15.2. The fourth-order valence-corrected chi connectivity index (χ4v) is 3.23. The van der Waals surface area contributed by atoms with Crippen molar-refractivity contribution in [2.45, 2.75) is 23.0 Å². The van der Waals surface area contributed by atoms with E-state index in [9.17, 15) is 18.0 Å². The maximum Gasteiger partial charge on any atom is 0.379 e. The van der Waals surface area contributed by atoms with Crippen LogP contribution in [0.2, 0.25) is 0 Å². The van der Waals surface area contributed by atoms with Gasteiger partial charge in [-0.05, 0) is 37.1 Å². The zero-order valence-corrected chi connectivity index (χ0v) is 10.6. The van der Waals surface area contributed by atoms with Crippen LogP contribution in [-0.2, 0) is 19.4 Å². The number of Topliss-reactive ketones (excluding diaryl/α,β-unsaturated/α-hetero) is 1. The van der Waals surface area contributed by atoms with Crippen LogP contribution in [-0.4, -0.2) is 32.5 Å². The number of methoxy groups -OCH3 is 1. The van der Waals surface area contributed by atoms with Crippen LogP contribution in [0.4, 0.5) is 0 Å². The second-order valence-corrected chi connectivity index (χ2v) is 6.32. The molecule has 2 rings (SSSR count). The Hall–Kier alpha value is -1.69. The number of rotatable bonds is 4. The third-order valence-corrected chi connectivity index (χ3v) is 5.06. The highest BCUT2D eigenvalue weighted by Gasteiger charge is 2.36. The average molecular weight is 268 g/mol. The molecule has 0 aliphatic heterocycles. The molecule has 0 spiro atoms. The summed E-state index contributed by atoms with van der Waals surface area (Å²) in [7, 11) is -2.14. The zero-order valence-electron chi connectivity index (χ0n) is 9.75. The van der Waals surface area contributed by atoms with Gasteiger partial charge in [-0.1, -0.05) is 0 Å². The Morgan fingerprint density at radius 3 is 2.17 bits per heavy atom. The lowest BCUT2D eigenvalue weighted by Gasteiger charge is -2.03. The van der Waals surface area contributed by atoms with Gasteiger partial charge in [-0.15, -0.1) is 0 Å². The van der Waals surface area contributed by atoms with Gasteiger partial charge in [0.1, 0.15) is 0 Å². The van der Waals surface area contributed by atoms with Crippen LogP contribution in [0.25, 0.3) is 0 Å². The lowest BCUT2D eigenvalue weighted by molar-refractivity contribution is -0.135. The van der Waals surface area contributed by atoms with Gasteiger partial charge in [0.25, 0.3) is 5.78 Å². The van der Waals surface area contributed by atoms with Crippen molar-refractivity contribution in [3.05, 3.63) is 29.8 Å². The summed E-state index contributed by atoms with van der Waals surface area (Å²) in [4.78, 5) is 22.7. The van der Waals surface area contributed by atoms with E-state index in [1.54, 1.807) is 0 Å². The van der Waals surface area contributed by atoms with Gasteiger partial charge in [0.15, 0.2) is 9.84 Å². The topological polar surface area (TPSA) is 77.5 Å². The van der Waals surface area contributed by atoms with Gasteiger partial charge in [0.2, 0.25) is 0 Å². The minimum atomic E-state index is -3.26. The summed E-state index contributed by atoms with van der Waals surface area (Å²) in [5.41, 5.74) is 0.122. The highest BCUT2D eigenvalue weighted by Crippen LogP contribution is 2.33. The lowest BCUT2D eigenvalue weighted by atomic mass is 10.1. The molecule has 0 atom stereocenters. The number of hydrogen-bond donors (Lipinski definition) is 0. The predicted molar refractivity (Wildman–Crippen MR) is 63.0 cm³/mol. The SMILES string of the molecule is COC(=O)C(=O)c1ccc(S(=O)(=O)C2CC2)cc1. The molecule has 1 fully saturated rings. The van der Waals surface area contributed by atoms with Gasteiger partial charge in [0, 0.05) is 5.56 Å². The molecule has 0 heterocycles. The summed E-state index contributed by atoms with van der Waals surface area (Å²) in [6, 6.07) is 5.36. The van der Waals surface area contributed by atoms with E-state index in [1.807, 2.05) is 0 Å². The maximum absolute atomic E-state index is 11.9. The summed E-state index contributed by atoms with van der Waals surface area (Å²) in [6.07, 6.45) is 1.37. The smallest absolute Gasteiger partial charge is 0.379 e. The Morgan fingerprint density at radius 1 is 1.17 bits per heavy atom. The summed E-state index contributed by atoms with van der Waals surface area (Å²) >= 11 is 0. The van der Waals surface area contributed by atoms with Crippen molar-refractivity contribution in [3.8, 4) is 0 Å². The standard InChI is InChI=1S/C12H12O5S/c1-17-12(14)11(13)8-2-4-9(5-3-8)18(15,16)10-6-7-10/h2-5,10H,6-7H2,1H3. The molecule has 0 aromatic heterocycles. The number of carbonyl (C=O) groups is 2. The Morgan fingerprint density at radius 2 is 1.72 bits per heavy atom. The Labute approximate surface area is 105 Å². The summed E-state index contributed by atoms with van der Waals surface area (Å²) in [5.74, 6) is -1.75. The number of sulfone groups is 1. The van der Waals surface area contributed by atoms with E-state index in [0.29, 0.717) is 12.8 Å². The van der Waals surface area contributed by atoms with Crippen molar-refractivity contribution in [3.63, 3.8) is 0 Å². The monoisotopic (exact) mass is 268 g/mol. The molecule has 0 saturated heterocycles. The van der Waals surface area contributed by atoms with Crippen molar-refractivity contribution in [2.24, 2.45) is 0 Å². The molecule has 1 aromatic carbocycles. The van der Waals surface area contributed by atoms with Crippen LogP contribution in [0.15, 0.2) is 29.2 Å².